The molecule has 0 spiro atoms. The molecule has 2 rings (SSSR count). The summed E-state index contributed by atoms with van der Waals surface area (Å²) in [5.74, 6) is -1.71. The van der Waals surface area contributed by atoms with E-state index >= 15 is 0 Å². The first kappa shape index (κ1) is 21.0. The van der Waals surface area contributed by atoms with E-state index in [-0.39, 0.29) is 12.3 Å². The van der Waals surface area contributed by atoms with Crippen molar-refractivity contribution in [3.05, 3.63) is 81.9 Å². The minimum atomic E-state index is -0.686. The highest BCUT2D eigenvalue weighted by Gasteiger charge is 2.16. The minimum Gasteiger partial charge on any atom is -0.501 e. The van der Waals surface area contributed by atoms with E-state index in [2.05, 4.69) is 5.32 Å². The molecular weight excluding hydrogens is 330 g/mol. The van der Waals surface area contributed by atoms with Gasteiger partial charge in [0.25, 0.3) is 5.91 Å². The minimum absolute atomic E-state index is 0.256. The maximum atomic E-state index is 12.0. The largest absolute Gasteiger partial charge is 0.501 e. The quantitative estimate of drug-likeness (QED) is 0.785. The summed E-state index contributed by atoms with van der Waals surface area (Å²) >= 11 is 0. The predicted octanol–water partition coefficient (Wildman–Crippen LogP) is 4.28. The molecule has 2 N–H and O–H groups in total. The summed E-state index contributed by atoms with van der Waals surface area (Å²) < 4.78 is 4.90. The zero-order chi connectivity index (χ0) is 19.5. The summed E-state index contributed by atoms with van der Waals surface area (Å²) in [6.07, 6.45) is 7.10. The number of carbonyl (C=O) groups excluding carboxylic acids is 1. The molecule has 0 aliphatic heterocycles. The number of amides is 1. The summed E-state index contributed by atoms with van der Waals surface area (Å²) in [5.41, 5.74) is 2.43. The van der Waals surface area contributed by atoms with Crippen LogP contribution in [0, 0.1) is 0 Å². The molecule has 1 amide bonds. The number of nitrogens with one attached hydrogen (secondary N) is 1. The van der Waals surface area contributed by atoms with Crippen LogP contribution in [-0.4, -0.2) is 11.0 Å². The fraction of sp³-hybridized carbons (Fsp3) is 0.238. The molecule has 138 valence electrons. The lowest BCUT2D eigenvalue weighted by atomic mass is 10.0. The first-order valence-electron chi connectivity index (χ1n) is 8.54. The lowest BCUT2D eigenvalue weighted by molar-refractivity contribution is 0.0915. The first-order valence-corrected chi connectivity index (χ1v) is 8.54. The number of allylic oxidation sites excluding steroid dienone is 4. The van der Waals surface area contributed by atoms with Crippen LogP contribution < -0.4 is 10.7 Å². The van der Waals surface area contributed by atoms with Gasteiger partial charge >= 0.3 is 0 Å². The Labute approximate surface area is 153 Å². The van der Waals surface area contributed by atoms with Crippen molar-refractivity contribution in [3.8, 4) is 5.75 Å². The molecule has 0 atom stereocenters. The summed E-state index contributed by atoms with van der Waals surface area (Å²) in [6.45, 7) is 8.19. The van der Waals surface area contributed by atoms with Gasteiger partial charge in [0.1, 0.15) is 0 Å². The van der Waals surface area contributed by atoms with E-state index in [0.29, 0.717) is 0 Å². The third kappa shape index (κ3) is 5.48. The monoisotopic (exact) mass is 355 g/mol. The Bertz CT molecular complexity index is 830. The molecule has 1 heterocycles. The third-order valence-corrected chi connectivity index (χ3v) is 3.46. The number of rotatable bonds is 5. The number of aromatic hydroxyl groups is 1. The molecule has 1 aromatic heterocycles. The molecule has 0 saturated heterocycles. The average Bonchev–Trinajstić information content (AvgIpc) is 2.68. The van der Waals surface area contributed by atoms with Gasteiger partial charge in [-0.3, -0.25) is 9.59 Å². The van der Waals surface area contributed by atoms with Crippen molar-refractivity contribution in [1.82, 2.24) is 5.32 Å². The molecule has 5 heteroatoms. The van der Waals surface area contributed by atoms with Crippen LogP contribution in [0.25, 0.3) is 5.57 Å². The highest BCUT2D eigenvalue weighted by Crippen LogP contribution is 2.17. The predicted molar refractivity (Wildman–Crippen MR) is 104 cm³/mol. The number of carbonyl (C=O) groups is 1. The number of hydrogen-bond acceptors (Lipinski definition) is 4. The molecule has 0 fully saturated rings. The van der Waals surface area contributed by atoms with Gasteiger partial charge < -0.3 is 14.8 Å². The van der Waals surface area contributed by atoms with E-state index < -0.39 is 17.1 Å². The Hall–Kier alpha value is -3.08. The van der Waals surface area contributed by atoms with E-state index in [1.54, 1.807) is 0 Å². The second-order valence-corrected chi connectivity index (χ2v) is 5.09. The first-order chi connectivity index (χ1) is 12.6. The van der Waals surface area contributed by atoms with Gasteiger partial charge in [-0.25, -0.2) is 0 Å². The van der Waals surface area contributed by atoms with Gasteiger partial charge in [-0.1, -0.05) is 56.3 Å². The van der Waals surface area contributed by atoms with E-state index in [1.165, 1.54) is 0 Å². The summed E-state index contributed by atoms with van der Waals surface area (Å²) in [5, 5.41) is 12.2. The fourth-order valence-electron chi connectivity index (χ4n) is 2.19. The van der Waals surface area contributed by atoms with Crippen LogP contribution in [0.15, 0.2) is 64.0 Å². The maximum Gasteiger partial charge on any atom is 0.291 e. The Balaban J connectivity index is 0.00000163. The number of benzene rings is 1. The Kier molecular flexibility index (Phi) is 8.64. The fourth-order valence-corrected chi connectivity index (χ4v) is 2.19. The highest BCUT2D eigenvalue weighted by molar-refractivity contribution is 5.93. The average molecular weight is 355 g/mol. The van der Waals surface area contributed by atoms with Crippen molar-refractivity contribution in [1.29, 1.82) is 0 Å². The molecule has 0 unspecified atom stereocenters. The van der Waals surface area contributed by atoms with Crippen LogP contribution in [0.5, 0.6) is 5.75 Å². The third-order valence-electron chi connectivity index (χ3n) is 3.46. The Morgan fingerprint density at radius 2 is 1.81 bits per heavy atom. The summed E-state index contributed by atoms with van der Waals surface area (Å²) in [7, 11) is 0. The van der Waals surface area contributed by atoms with Crippen molar-refractivity contribution < 1.29 is 14.3 Å². The number of hydrogen-bond donors (Lipinski definition) is 2. The van der Waals surface area contributed by atoms with E-state index in [1.807, 2.05) is 70.2 Å². The normalized spacial score (nSPS) is 11.0. The molecule has 0 radical (unpaired) electrons. The summed E-state index contributed by atoms with van der Waals surface area (Å²) in [6, 6.07) is 8.80. The Morgan fingerprint density at radius 3 is 2.38 bits per heavy atom. The van der Waals surface area contributed by atoms with Gasteiger partial charge in [0.15, 0.2) is 0 Å². The van der Waals surface area contributed by atoms with Gasteiger partial charge in [0, 0.05) is 12.6 Å². The highest BCUT2D eigenvalue weighted by atomic mass is 16.4. The van der Waals surface area contributed by atoms with Crippen molar-refractivity contribution in [3.63, 3.8) is 0 Å². The SMILES string of the molecule is C/C=C\C(=C/C)c1ccc(CNC(=O)c2occc(=O)c2O)cc1.CC. The molecule has 5 nitrogen and oxygen atoms in total. The second kappa shape index (κ2) is 10.7. The van der Waals surface area contributed by atoms with Crippen LogP contribution in [0.4, 0.5) is 0 Å². The zero-order valence-corrected chi connectivity index (χ0v) is 15.6. The van der Waals surface area contributed by atoms with E-state index in [4.69, 9.17) is 4.42 Å². The standard InChI is InChI=1S/C19H19NO4.C2H6/c1-3-5-14(4-2)15-8-6-13(7-9-15)12-20-19(23)18-17(22)16(21)10-11-24-18;1-2/h3-11,22H,12H2,1-2H3,(H,20,23);1-2H3/b5-3-,14-4+;. The zero-order valence-electron chi connectivity index (χ0n) is 15.6. The maximum absolute atomic E-state index is 12.0. The molecule has 0 saturated carbocycles. The Morgan fingerprint density at radius 1 is 1.15 bits per heavy atom. The smallest absolute Gasteiger partial charge is 0.291 e. The van der Waals surface area contributed by atoms with Crippen LogP contribution in [0.1, 0.15) is 49.4 Å². The lowest BCUT2D eigenvalue weighted by Crippen LogP contribution is -2.24. The van der Waals surface area contributed by atoms with Crippen LogP contribution in [0.2, 0.25) is 0 Å². The molecule has 0 aliphatic carbocycles. The molecular formula is C21H25NO4. The van der Waals surface area contributed by atoms with Crippen LogP contribution in [0.3, 0.4) is 0 Å². The van der Waals surface area contributed by atoms with Crippen molar-refractivity contribution in [2.24, 2.45) is 0 Å². The van der Waals surface area contributed by atoms with Crippen molar-refractivity contribution in [2.75, 3.05) is 0 Å². The molecule has 1 aromatic carbocycles. The lowest BCUT2D eigenvalue weighted by Gasteiger charge is -2.07. The van der Waals surface area contributed by atoms with Crippen molar-refractivity contribution in [2.45, 2.75) is 34.2 Å². The van der Waals surface area contributed by atoms with Crippen LogP contribution >= 0.6 is 0 Å². The van der Waals surface area contributed by atoms with E-state index in [0.717, 1.165) is 29.0 Å². The second-order valence-electron chi connectivity index (χ2n) is 5.09. The molecule has 0 bridgehead atoms. The van der Waals surface area contributed by atoms with E-state index in [9.17, 15) is 14.7 Å². The van der Waals surface area contributed by atoms with Gasteiger partial charge in [-0.2, -0.15) is 0 Å². The van der Waals surface area contributed by atoms with Crippen molar-refractivity contribution >= 4 is 11.5 Å². The van der Waals surface area contributed by atoms with Gasteiger partial charge in [0.2, 0.25) is 16.9 Å². The van der Waals surface area contributed by atoms with Gasteiger partial charge in [-0.15, -0.1) is 0 Å². The molecule has 2 aromatic rings. The summed E-state index contributed by atoms with van der Waals surface area (Å²) in [4.78, 5) is 23.3. The van der Waals surface area contributed by atoms with Gasteiger partial charge in [-0.05, 0) is 30.5 Å². The van der Waals surface area contributed by atoms with Crippen LogP contribution in [-0.2, 0) is 6.54 Å². The molecule has 0 aliphatic rings. The molecule has 26 heavy (non-hydrogen) atoms. The topological polar surface area (TPSA) is 79.5 Å². The van der Waals surface area contributed by atoms with Gasteiger partial charge in [0.05, 0.1) is 6.26 Å².